The number of hydrogen-bond donors (Lipinski definition) is 1. The second-order valence-corrected chi connectivity index (χ2v) is 5.30. The van der Waals surface area contributed by atoms with Crippen molar-refractivity contribution in [3.05, 3.63) is 36.2 Å². The van der Waals surface area contributed by atoms with Crippen molar-refractivity contribution in [1.29, 1.82) is 0 Å². The molecule has 0 bridgehead atoms. The highest BCUT2D eigenvalue weighted by molar-refractivity contribution is 5.92. The highest BCUT2D eigenvalue weighted by Gasteiger charge is 2.17. The summed E-state index contributed by atoms with van der Waals surface area (Å²) in [5.74, 6) is -0.125. The first-order valence-electron chi connectivity index (χ1n) is 7.02. The minimum atomic E-state index is -0.125. The summed E-state index contributed by atoms with van der Waals surface area (Å²) in [4.78, 5) is 15.9. The lowest BCUT2D eigenvalue weighted by molar-refractivity contribution is 0.0942. The van der Waals surface area contributed by atoms with Gasteiger partial charge in [-0.05, 0) is 18.9 Å². The van der Waals surface area contributed by atoms with Crippen LogP contribution in [0.2, 0.25) is 0 Å². The van der Waals surface area contributed by atoms with E-state index < -0.39 is 0 Å². The molecule has 2 aromatic heterocycles. The average Bonchev–Trinajstić information content (AvgIpc) is 3.16. The van der Waals surface area contributed by atoms with Gasteiger partial charge in [-0.25, -0.2) is 4.98 Å². The zero-order chi connectivity index (χ0) is 13.9. The second kappa shape index (κ2) is 5.48. The van der Waals surface area contributed by atoms with Gasteiger partial charge in [-0.3, -0.25) is 9.48 Å². The summed E-state index contributed by atoms with van der Waals surface area (Å²) < 4.78 is 3.74. The van der Waals surface area contributed by atoms with E-state index in [0.717, 1.165) is 5.69 Å². The number of amides is 1. The standard InChI is InChI=1S/C14H19N5O/c1-18-10-15-9-13(18)14(20)16-8-11-6-7-19(17-11)12-4-2-3-5-12/h6-7,9-10,12H,2-5,8H2,1H3,(H,16,20). The average molecular weight is 273 g/mol. The molecule has 2 aromatic rings. The van der Waals surface area contributed by atoms with Crippen LogP contribution in [0.15, 0.2) is 24.8 Å². The van der Waals surface area contributed by atoms with Crippen molar-refractivity contribution in [2.75, 3.05) is 0 Å². The lowest BCUT2D eigenvalue weighted by Gasteiger charge is -2.09. The maximum Gasteiger partial charge on any atom is 0.269 e. The Labute approximate surface area is 117 Å². The minimum Gasteiger partial charge on any atom is -0.345 e. The Morgan fingerprint density at radius 3 is 2.95 bits per heavy atom. The van der Waals surface area contributed by atoms with E-state index in [1.54, 1.807) is 24.1 Å². The van der Waals surface area contributed by atoms with Crippen LogP contribution < -0.4 is 5.32 Å². The Kier molecular flexibility index (Phi) is 3.54. The van der Waals surface area contributed by atoms with Gasteiger partial charge in [0.1, 0.15) is 5.69 Å². The van der Waals surface area contributed by atoms with E-state index in [2.05, 4.69) is 15.4 Å². The Morgan fingerprint density at radius 1 is 1.45 bits per heavy atom. The third kappa shape index (κ3) is 2.59. The van der Waals surface area contributed by atoms with Crippen molar-refractivity contribution in [3.8, 4) is 0 Å². The van der Waals surface area contributed by atoms with Crippen LogP contribution in [0.3, 0.4) is 0 Å². The molecule has 0 saturated heterocycles. The van der Waals surface area contributed by atoms with Crippen LogP contribution in [0.1, 0.15) is 47.9 Å². The van der Waals surface area contributed by atoms with Gasteiger partial charge in [0.25, 0.3) is 5.91 Å². The molecule has 1 N–H and O–H groups in total. The fraction of sp³-hybridized carbons (Fsp3) is 0.500. The number of rotatable bonds is 4. The van der Waals surface area contributed by atoms with Gasteiger partial charge in [0.2, 0.25) is 0 Å². The van der Waals surface area contributed by atoms with Crippen LogP contribution in [0.25, 0.3) is 0 Å². The fourth-order valence-corrected chi connectivity index (χ4v) is 2.68. The molecule has 0 aromatic carbocycles. The highest BCUT2D eigenvalue weighted by atomic mass is 16.1. The summed E-state index contributed by atoms with van der Waals surface area (Å²) in [6, 6.07) is 2.51. The molecule has 6 nitrogen and oxygen atoms in total. The third-order valence-corrected chi connectivity index (χ3v) is 3.84. The van der Waals surface area contributed by atoms with Crippen LogP contribution in [0.4, 0.5) is 0 Å². The number of hydrogen-bond acceptors (Lipinski definition) is 3. The summed E-state index contributed by atoms with van der Waals surface area (Å²) >= 11 is 0. The molecule has 0 spiro atoms. The Balaban J connectivity index is 1.58. The summed E-state index contributed by atoms with van der Waals surface area (Å²) in [5, 5.41) is 7.42. The molecule has 1 saturated carbocycles. The summed E-state index contributed by atoms with van der Waals surface area (Å²) in [5.41, 5.74) is 1.45. The molecule has 3 rings (SSSR count). The smallest absolute Gasteiger partial charge is 0.269 e. The summed E-state index contributed by atoms with van der Waals surface area (Å²) in [6.45, 7) is 0.448. The van der Waals surface area contributed by atoms with Gasteiger partial charge in [-0.2, -0.15) is 5.10 Å². The predicted octanol–water partition coefficient (Wildman–Crippen LogP) is 1.66. The van der Waals surface area contributed by atoms with Gasteiger partial charge < -0.3 is 9.88 Å². The van der Waals surface area contributed by atoms with Crippen LogP contribution in [0, 0.1) is 0 Å². The van der Waals surface area contributed by atoms with Gasteiger partial charge in [0.15, 0.2) is 0 Å². The number of nitrogens with zero attached hydrogens (tertiary/aromatic N) is 4. The molecule has 1 amide bonds. The molecule has 1 fully saturated rings. The maximum atomic E-state index is 12.0. The molecule has 106 valence electrons. The van der Waals surface area contributed by atoms with Gasteiger partial charge in [0, 0.05) is 13.2 Å². The van der Waals surface area contributed by atoms with E-state index in [1.165, 1.54) is 25.7 Å². The fourth-order valence-electron chi connectivity index (χ4n) is 2.68. The maximum absolute atomic E-state index is 12.0. The Bertz CT molecular complexity index is 594. The van der Waals surface area contributed by atoms with Crippen LogP contribution in [-0.2, 0) is 13.6 Å². The lowest BCUT2D eigenvalue weighted by atomic mass is 10.3. The first-order chi connectivity index (χ1) is 9.74. The van der Waals surface area contributed by atoms with Crippen molar-refractivity contribution < 1.29 is 4.79 Å². The van der Waals surface area contributed by atoms with Crippen LogP contribution >= 0.6 is 0 Å². The zero-order valence-corrected chi connectivity index (χ0v) is 11.6. The molecule has 0 unspecified atom stereocenters. The lowest BCUT2D eigenvalue weighted by Crippen LogP contribution is -2.25. The Morgan fingerprint density at radius 2 is 2.25 bits per heavy atom. The molecular formula is C14H19N5O. The van der Waals surface area contributed by atoms with Gasteiger partial charge in [-0.15, -0.1) is 0 Å². The van der Waals surface area contributed by atoms with E-state index in [4.69, 9.17) is 0 Å². The first kappa shape index (κ1) is 12.9. The normalized spacial score (nSPS) is 15.7. The number of nitrogens with one attached hydrogen (secondary N) is 1. The van der Waals surface area contributed by atoms with Crippen molar-refractivity contribution >= 4 is 5.91 Å². The van der Waals surface area contributed by atoms with Crippen LogP contribution in [0.5, 0.6) is 0 Å². The molecule has 0 radical (unpaired) electrons. The molecule has 2 heterocycles. The first-order valence-corrected chi connectivity index (χ1v) is 7.02. The molecular weight excluding hydrogens is 254 g/mol. The van der Waals surface area contributed by atoms with E-state index >= 15 is 0 Å². The SMILES string of the molecule is Cn1cncc1C(=O)NCc1ccn(C2CCCC2)n1. The molecule has 20 heavy (non-hydrogen) atoms. The summed E-state index contributed by atoms with van der Waals surface area (Å²) in [7, 11) is 1.80. The zero-order valence-electron chi connectivity index (χ0n) is 11.6. The third-order valence-electron chi connectivity index (χ3n) is 3.84. The van der Waals surface area contributed by atoms with E-state index in [1.807, 2.05) is 16.9 Å². The minimum absolute atomic E-state index is 0.125. The quantitative estimate of drug-likeness (QED) is 0.921. The van der Waals surface area contributed by atoms with Gasteiger partial charge in [0.05, 0.1) is 30.8 Å². The van der Waals surface area contributed by atoms with Gasteiger partial charge >= 0.3 is 0 Å². The Hall–Kier alpha value is -2.11. The second-order valence-electron chi connectivity index (χ2n) is 5.30. The molecule has 0 atom stereocenters. The topological polar surface area (TPSA) is 64.7 Å². The number of carbonyl (C=O) groups excluding carboxylic acids is 1. The molecule has 1 aliphatic carbocycles. The number of aryl methyl sites for hydroxylation is 1. The number of aromatic nitrogens is 4. The molecule has 6 heteroatoms. The van der Waals surface area contributed by atoms with Crippen molar-refractivity contribution in [2.24, 2.45) is 7.05 Å². The highest BCUT2D eigenvalue weighted by Crippen LogP contribution is 2.28. The van der Waals surface area contributed by atoms with E-state index in [0.29, 0.717) is 18.3 Å². The van der Waals surface area contributed by atoms with Crippen molar-refractivity contribution in [1.82, 2.24) is 24.6 Å². The largest absolute Gasteiger partial charge is 0.345 e. The van der Waals surface area contributed by atoms with Gasteiger partial charge in [-0.1, -0.05) is 12.8 Å². The van der Waals surface area contributed by atoms with Crippen molar-refractivity contribution in [3.63, 3.8) is 0 Å². The van der Waals surface area contributed by atoms with E-state index in [-0.39, 0.29) is 5.91 Å². The molecule has 1 aliphatic rings. The van der Waals surface area contributed by atoms with E-state index in [9.17, 15) is 4.79 Å². The number of carbonyl (C=O) groups is 1. The molecule has 0 aliphatic heterocycles. The van der Waals surface area contributed by atoms with Crippen molar-refractivity contribution in [2.45, 2.75) is 38.3 Å². The van der Waals surface area contributed by atoms with Crippen LogP contribution in [-0.4, -0.2) is 25.2 Å². The predicted molar refractivity (Wildman–Crippen MR) is 74.1 cm³/mol. The summed E-state index contributed by atoms with van der Waals surface area (Å²) in [6.07, 6.45) is 10.2. The monoisotopic (exact) mass is 273 g/mol. The number of imidazole rings is 1.